The number of nitrogens with zero attached hydrogens (tertiary/aromatic N) is 2. The van der Waals surface area contributed by atoms with Gasteiger partial charge in [-0.15, -0.1) is 0 Å². The van der Waals surface area contributed by atoms with Crippen molar-refractivity contribution in [1.29, 1.82) is 0 Å². The van der Waals surface area contributed by atoms with E-state index in [0.717, 1.165) is 34.7 Å². The van der Waals surface area contributed by atoms with E-state index in [1.165, 1.54) is 5.56 Å². The van der Waals surface area contributed by atoms with Gasteiger partial charge in [-0.05, 0) is 49.1 Å². The van der Waals surface area contributed by atoms with Gasteiger partial charge in [0.1, 0.15) is 11.4 Å². The number of carbonyl (C=O) groups excluding carboxylic acids is 1. The number of aryl methyl sites for hydroxylation is 1. The van der Waals surface area contributed by atoms with E-state index in [4.69, 9.17) is 4.74 Å². The van der Waals surface area contributed by atoms with E-state index >= 15 is 0 Å². The molecule has 5 heteroatoms. The van der Waals surface area contributed by atoms with Gasteiger partial charge in [-0.2, -0.15) is 5.10 Å². The van der Waals surface area contributed by atoms with Crippen LogP contribution in [0.3, 0.4) is 0 Å². The fourth-order valence-corrected chi connectivity index (χ4v) is 3.83. The molecule has 144 valence electrons. The third-order valence-corrected chi connectivity index (χ3v) is 5.19. The molecule has 2 aromatic carbocycles. The topological polar surface area (TPSA) is 58.2 Å². The summed E-state index contributed by atoms with van der Waals surface area (Å²) in [5.41, 5.74) is 5.69. The molecule has 0 fully saturated rings. The van der Waals surface area contributed by atoms with Crippen LogP contribution in [0.25, 0.3) is 0 Å². The zero-order valence-corrected chi connectivity index (χ0v) is 16.7. The van der Waals surface area contributed by atoms with E-state index in [1.807, 2.05) is 29.2 Å². The molecular formula is C23H25N3O2. The minimum atomic E-state index is -0.191. The Balaban J connectivity index is 1.85. The summed E-state index contributed by atoms with van der Waals surface area (Å²) in [7, 11) is 1.64. The zero-order valence-electron chi connectivity index (χ0n) is 16.7. The normalized spacial score (nSPS) is 16.0. The standard InChI is InChI=1S/C23H25N3O2/c1-14(2)13-19-20-21(25-24-19)23(27)26(17-9-11-18(28-4)12-10-17)22(20)16-7-5-15(3)6-8-16/h5-12,14,22H,13H2,1-4H3,(H,24,25). The first kappa shape index (κ1) is 18.3. The van der Waals surface area contributed by atoms with Crippen LogP contribution in [-0.4, -0.2) is 23.2 Å². The van der Waals surface area contributed by atoms with Crippen molar-refractivity contribution in [2.45, 2.75) is 33.2 Å². The van der Waals surface area contributed by atoms with Gasteiger partial charge in [0.05, 0.1) is 18.8 Å². The molecule has 28 heavy (non-hydrogen) atoms. The van der Waals surface area contributed by atoms with Gasteiger partial charge >= 0.3 is 0 Å². The van der Waals surface area contributed by atoms with E-state index in [0.29, 0.717) is 11.6 Å². The fourth-order valence-electron chi connectivity index (χ4n) is 3.83. The maximum atomic E-state index is 13.3. The molecule has 0 bridgehead atoms. The predicted octanol–water partition coefficient (Wildman–Crippen LogP) is 4.68. The van der Waals surface area contributed by atoms with Crippen molar-refractivity contribution in [3.8, 4) is 5.75 Å². The van der Waals surface area contributed by atoms with Gasteiger partial charge in [-0.3, -0.25) is 14.8 Å². The van der Waals surface area contributed by atoms with Crippen LogP contribution < -0.4 is 9.64 Å². The van der Waals surface area contributed by atoms with Gasteiger partial charge < -0.3 is 4.74 Å². The summed E-state index contributed by atoms with van der Waals surface area (Å²) < 4.78 is 5.27. The van der Waals surface area contributed by atoms with Crippen LogP contribution in [0.1, 0.15) is 52.8 Å². The number of amides is 1. The lowest BCUT2D eigenvalue weighted by atomic mass is 9.94. The molecule has 0 spiro atoms. The SMILES string of the molecule is COc1ccc(N2C(=O)c3[nH]nc(CC(C)C)c3C2c2ccc(C)cc2)cc1. The highest BCUT2D eigenvalue weighted by atomic mass is 16.5. The maximum Gasteiger partial charge on any atom is 0.277 e. The lowest BCUT2D eigenvalue weighted by Gasteiger charge is -2.27. The van der Waals surface area contributed by atoms with Crippen LogP contribution in [0.4, 0.5) is 5.69 Å². The summed E-state index contributed by atoms with van der Waals surface area (Å²) in [4.78, 5) is 15.2. The van der Waals surface area contributed by atoms with Crippen molar-refractivity contribution in [3.05, 3.63) is 76.6 Å². The van der Waals surface area contributed by atoms with Crippen LogP contribution in [0, 0.1) is 12.8 Å². The van der Waals surface area contributed by atoms with Gasteiger partial charge in [0.15, 0.2) is 0 Å². The number of nitrogens with one attached hydrogen (secondary N) is 1. The molecule has 1 atom stereocenters. The van der Waals surface area contributed by atoms with Gasteiger partial charge in [-0.1, -0.05) is 43.7 Å². The third-order valence-electron chi connectivity index (χ3n) is 5.19. The van der Waals surface area contributed by atoms with E-state index in [2.05, 4.69) is 55.2 Å². The van der Waals surface area contributed by atoms with Crippen LogP contribution in [0.15, 0.2) is 48.5 Å². The monoisotopic (exact) mass is 375 g/mol. The predicted molar refractivity (Wildman–Crippen MR) is 110 cm³/mol. The number of carbonyl (C=O) groups is 1. The second-order valence-corrected chi connectivity index (χ2v) is 7.74. The molecule has 1 aliphatic rings. The number of H-pyrrole nitrogens is 1. The van der Waals surface area contributed by atoms with Gasteiger partial charge in [0.2, 0.25) is 0 Å². The number of hydrogen-bond donors (Lipinski definition) is 1. The molecule has 1 aromatic heterocycles. The molecule has 1 aliphatic heterocycles. The van der Waals surface area contributed by atoms with Crippen molar-refractivity contribution in [2.24, 2.45) is 5.92 Å². The third kappa shape index (κ3) is 3.07. The molecule has 1 N–H and O–H groups in total. The Morgan fingerprint density at radius 2 is 1.79 bits per heavy atom. The summed E-state index contributed by atoms with van der Waals surface area (Å²) in [6, 6.07) is 15.8. The van der Waals surface area contributed by atoms with Crippen LogP contribution in [0.5, 0.6) is 5.75 Å². The van der Waals surface area contributed by atoms with E-state index in [1.54, 1.807) is 7.11 Å². The van der Waals surface area contributed by atoms with Crippen molar-refractivity contribution >= 4 is 11.6 Å². The average Bonchev–Trinajstić information content (AvgIpc) is 3.21. The smallest absolute Gasteiger partial charge is 0.277 e. The van der Waals surface area contributed by atoms with Gasteiger partial charge in [-0.25, -0.2) is 0 Å². The Hall–Kier alpha value is -3.08. The molecular weight excluding hydrogens is 350 g/mol. The van der Waals surface area contributed by atoms with E-state index < -0.39 is 0 Å². The van der Waals surface area contributed by atoms with Crippen LogP contribution in [-0.2, 0) is 6.42 Å². The van der Waals surface area contributed by atoms with Crippen molar-refractivity contribution in [2.75, 3.05) is 12.0 Å². The highest BCUT2D eigenvalue weighted by Gasteiger charge is 2.42. The Morgan fingerprint density at radius 3 is 2.39 bits per heavy atom. The first-order valence-electron chi connectivity index (χ1n) is 9.61. The minimum Gasteiger partial charge on any atom is -0.497 e. The van der Waals surface area contributed by atoms with E-state index in [9.17, 15) is 4.79 Å². The maximum absolute atomic E-state index is 13.3. The Labute approximate surface area is 165 Å². The van der Waals surface area contributed by atoms with Crippen molar-refractivity contribution < 1.29 is 9.53 Å². The summed E-state index contributed by atoms with van der Waals surface area (Å²) in [5.74, 6) is 1.17. The quantitative estimate of drug-likeness (QED) is 0.705. The molecule has 0 saturated heterocycles. The zero-order chi connectivity index (χ0) is 19.8. The Kier molecular flexibility index (Phi) is 4.67. The summed E-state index contributed by atoms with van der Waals surface area (Å²) >= 11 is 0. The number of anilines is 1. The molecule has 0 aliphatic carbocycles. The molecule has 1 amide bonds. The van der Waals surface area contributed by atoms with E-state index in [-0.39, 0.29) is 11.9 Å². The number of ether oxygens (including phenoxy) is 1. The average molecular weight is 375 g/mol. The summed E-state index contributed by atoms with van der Waals surface area (Å²) in [6.45, 7) is 6.40. The number of rotatable bonds is 5. The molecule has 2 heterocycles. The molecule has 0 saturated carbocycles. The summed E-state index contributed by atoms with van der Waals surface area (Å²) in [5, 5.41) is 7.49. The lowest BCUT2D eigenvalue weighted by Crippen LogP contribution is -2.29. The number of hydrogen-bond acceptors (Lipinski definition) is 3. The van der Waals surface area contributed by atoms with Gasteiger partial charge in [0.25, 0.3) is 5.91 Å². The number of fused-ring (bicyclic) bond motifs is 1. The van der Waals surface area contributed by atoms with Gasteiger partial charge in [0, 0.05) is 11.3 Å². The molecule has 1 unspecified atom stereocenters. The highest BCUT2D eigenvalue weighted by molar-refractivity contribution is 6.10. The molecule has 5 nitrogen and oxygen atoms in total. The first-order chi connectivity index (χ1) is 13.5. The fraction of sp³-hybridized carbons (Fsp3) is 0.304. The van der Waals surface area contributed by atoms with Crippen LogP contribution >= 0.6 is 0 Å². The number of methoxy groups -OCH3 is 1. The highest BCUT2D eigenvalue weighted by Crippen LogP contribution is 2.43. The number of aromatic nitrogens is 2. The molecule has 4 rings (SSSR count). The van der Waals surface area contributed by atoms with Crippen molar-refractivity contribution in [1.82, 2.24) is 10.2 Å². The second kappa shape index (κ2) is 7.15. The summed E-state index contributed by atoms with van der Waals surface area (Å²) in [6.07, 6.45) is 0.831. The van der Waals surface area contributed by atoms with Crippen LogP contribution in [0.2, 0.25) is 0 Å². The number of aromatic amines is 1. The Bertz CT molecular complexity index is 988. The lowest BCUT2D eigenvalue weighted by molar-refractivity contribution is 0.0988. The molecule has 0 radical (unpaired) electrons. The molecule has 3 aromatic rings. The second-order valence-electron chi connectivity index (χ2n) is 7.74. The first-order valence-corrected chi connectivity index (χ1v) is 9.61. The minimum absolute atomic E-state index is 0.0479. The largest absolute Gasteiger partial charge is 0.497 e. The Morgan fingerprint density at radius 1 is 1.11 bits per heavy atom. The van der Waals surface area contributed by atoms with Crippen molar-refractivity contribution in [3.63, 3.8) is 0 Å². The number of benzene rings is 2.